The number of pyridine rings is 1. The zero-order valence-electron chi connectivity index (χ0n) is 12.4. The summed E-state index contributed by atoms with van der Waals surface area (Å²) in [7, 11) is 1.19. The van der Waals surface area contributed by atoms with E-state index in [1.54, 1.807) is 0 Å². The molecule has 0 aliphatic heterocycles. The molecule has 0 bridgehead atoms. The molecule has 2 rings (SSSR count). The Morgan fingerprint density at radius 1 is 1.50 bits per heavy atom. The number of nitrogens with zero attached hydrogens (tertiary/aromatic N) is 2. The van der Waals surface area contributed by atoms with Gasteiger partial charge in [0.1, 0.15) is 0 Å². The first-order valence-corrected chi connectivity index (χ1v) is 7.14. The molecule has 0 amide bonds. The van der Waals surface area contributed by atoms with Crippen LogP contribution in [0, 0.1) is 10.1 Å². The highest BCUT2D eigenvalue weighted by Gasteiger charge is 2.30. The molecule has 2 N–H and O–H groups in total. The predicted molar refractivity (Wildman–Crippen MR) is 78.8 cm³/mol. The fourth-order valence-corrected chi connectivity index (χ4v) is 2.59. The van der Waals surface area contributed by atoms with Crippen molar-refractivity contribution in [1.29, 1.82) is 0 Å². The third-order valence-electron chi connectivity index (χ3n) is 3.85. The Morgan fingerprint density at radius 2 is 2.18 bits per heavy atom. The quantitative estimate of drug-likeness (QED) is 0.485. The number of methoxy groups -OCH3 is 1. The third-order valence-corrected chi connectivity index (χ3v) is 3.85. The van der Waals surface area contributed by atoms with Crippen molar-refractivity contribution in [1.82, 2.24) is 4.98 Å². The summed E-state index contributed by atoms with van der Waals surface area (Å²) in [4.78, 5) is 25.8. The Hall–Kier alpha value is -2.22. The van der Waals surface area contributed by atoms with Crippen molar-refractivity contribution in [2.24, 2.45) is 0 Å². The van der Waals surface area contributed by atoms with Gasteiger partial charge in [-0.2, -0.15) is 0 Å². The molecule has 0 saturated heterocycles. The molecule has 22 heavy (non-hydrogen) atoms. The lowest BCUT2D eigenvalue weighted by Crippen LogP contribution is -2.39. The van der Waals surface area contributed by atoms with Crippen LogP contribution in [0.1, 0.15) is 42.5 Å². The molecule has 1 fully saturated rings. The van der Waals surface area contributed by atoms with Crippen molar-refractivity contribution in [3.8, 4) is 0 Å². The second kappa shape index (κ2) is 6.69. The lowest BCUT2D eigenvalue weighted by Gasteiger charge is -2.32. The van der Waals surface area contributed by atoms with Crippen molar-refractivity contribution in [3.63, 3.8) is 0 Å². The number of nitrogens with one attached hydrogen (secondary N) is 1. The number of hydrogen-bond acceptors (Lipinski definition) is 7. The Bertz CT molecular complexity index is 570. The Morgan fingerprint density at radius 3 is 2.77 bits per heavy atom. The summed E-state index contributed by atoms with van der Waals surface area (Å²) >= 11 is 0. The Balaban J connectivity index is 2.16. The lowest BCUT2D eigenvalue weighted by molar-refractivity contribution is -0.384. The molecule has 1 aliphatic rings. The number of aliphatic hydroxyl groups is 1. The normalized spacial score (nSPS) is 16.8. The van der Waals surface area contributed by atoms with E-state index in [2.05, 4.69) is 15.0 Å². The molecule has 8 nitrogen and oxygen atoms in total. The van der Waals surface area contributed by atoms with Crippen LogP contribution in [-0.4, -0.2) is 40.2 Å². The van der Waals surface area contributed by atoms with E-state index < -0.39 is 16.5 Å². The molecule has 1 saturated carbocycles. The zero-order chi connectivity index (χ0) is 16.2. The van der Waals surface area contributed by atoms with Crippen molar-refractivity contribution in [2.45, 2.75) is 37.7 Å². The third kappa shape index (κ3) is 3.70. The Kier molecular flexibility index (Phi) is 4.92. The van der Waals surface area contributed by atoms with Crippen LogP contribution in [0.5, 0.6) is 0 Å². The van der Waals surface area contributed by atoms with Gasteiger partial charge in [0.15, 0.2) is 0 Å². The van der Waals surface area contributed by atoms with Gasteiger partial charge in [0.25, 0.3) is 0 Å². The standard InChI is InChI=1S/C14H19N3O5/c1-22-13(18)10-7-11(17(20)21)12(15-8-10)16-9-14(19)5-3-2-4-6-14/h7-8,19H,2-6,9H2,1H3,(H,15,16). The van der Waals surface area contributed by atoms with Crippen molar-refractivity contribution >= 4 is 17.5 Å². The van der Waals surface area contributed by atoms with Gasteiger partial charge >= 0.3 is 11.7 Å². The van der Waals surface area contributed by atoms with E-state index in [9.17, 15) is 20.0 Å². The molecule has 8 heteroatoms. The van der Waals surface area contributed by atoms with Crippen LogP contribution >= 0.6 is 0 Å². The number of aromatic nitrogens is 1. The zero-order valence-corrected chi connectivity index (χ0v) is 12.4. The fraction of sp³-hybridized carbons (Fsp3) is 0.571. The summed E-state index contributed by atoms with van der Waals surface area (Å²) < 4.78 is 4.52. The maximum atomic E-state index is 11.4. The maximum Gasteiger partial charge on any atom is 0.339 e. The number of carbonyl (C=O) groups is 1. The van der Waals surface area contributed by atoms with Gasteiger partial charge in [-0.1, -0.05) is 19.3 Å². The fourth-order valence-electron chi connectivity index (χ4n) is 2.59. The number of anilines is 1. The van der Waals surface area contributed by atoms with E-state index >= 15 is 0 Å². The molecule has 0 spiro atoms. The molecule has 0 radical (unpaired) electrons. The van der Waals surface area contributed by atoms with E-state index in [-0.39, 0.29) is 23.6 Å². The minimum Gasteiger partial charge on any atom is -0.465 e. The smallest absolute Gasteiger partial charge is 0.339 e. The van der Waals surface area contributed by atoms with E-state index in [0.717, 1.165) is 25.3 Å². The highest BCUT2D eigenvalue weighted by atomic mass is 16.6. The SMILES string of the molecule is COC(=O)c1cnc(NCC2(O)CCCCC2)c([N+](=O)[O-])c1. The first kappa shape index (κ1) is 16.2. The number of hydrogen-bond donors (Lipinski definition) is 2. The second-order valence-corrected chi connectivity index (χ2v) is 5.48. The van der Waals surface area contributed by atoms with E-state index in [4.69, 9.17) is 0 Å². The lowest BCUT2D eigenvalue weighted by atomic mass is 9.85. The Labute approximate surface area is 127 Å². The monoisotopic (exact) mass is 309 g/mol. The van der Waals surface area contributed by atoms with E-state index in [1.807, 2.05) is 0 Å². The average molecular weight is 309 g/mol. The van der Waals surface area contributed by atoms with Gasteiger partial charge < -0.3 is 15.2 Å². The highest BCUT2D eigenvalue weighted by molar-refractivity contribution is 5.90. The van der Waals surface area contributed by atoms with Gasteiger partial charge in [0, 0.05) is 18.8 Å². The number of nitro groups is 1. The number of rotatable bonds is 5. The maximum absolute atomic E-state index is 11.4. The summed E-state index contributed by atoms with van der Waals surface area (Å²) in [6, 6.07) is 1.12. The van der Waals surface area contributed by atoms with Crippen LogP contribution in [0.4, 0.5) is 11.5 Å². The predicted octanol–water partition coefficient (Wildman–Crippen LogP) is 1.88. The molecule has 1 aromatic rings. The van der Waals surface area contributed by atoms with Gasteiger partial charge in [0.05, 0.1) is 23.2 Å². The van der Waals surface area contributed by atoms with E-state index in [1.165, 1.54) is 13.3 Å². The first-order valence-electron chi connectivity index (χ1n) is 7.14. The summed E-state index contributed by atoms with van der Waals surface area (Å²) in [5.74, 6) is -0.648. The highest BCUT2D eigenvalue weighted by Crippen LogP contribution is 2.30. The minimum atomic E-state index is -0.866. The summed E-state index contributed by atoms with van der Waals surface area (Å²) in [6.07, 6.45) is 5.51. The average Bonchev–Trinajstić information content (AvgIpc) is 2.52. The van der Waals surface area contributed by atoms with Gasteiger partial charge in [-0.05, 0) is 12.8 Å². The van der Waals surface area contributed by atoms with Crippen LogP contribution in [0.2, 0.25) is 0 Å². The number of esters is 1. The summed E-state index contributed by atoms with van der Waals surface area (Å²) in [5, 5.41) is 24.4. The van der Waals surface area contributed by atoms with Crippen molar-refractivity contribution in [2.75, 3.05) is 19.0 Å². The van der Waals surface area contributed by atoms with E-state index in [0.29, 0.717) is 12.8 Å². The second-order valence-electron chi connectivity index (χ2n) is 5.48. The van der Waals surface area contributed by atoms with Crippen LogP contribution < -0.4 is 5.32 Å². The molecule has 1 aliphatic carbocycles. The topological polar surface area (TPSA) is 115 Å². The van der Waals surface area contributed by atoms with Gasteiger partial charge in [0.2, 0.25) is 5.82 Å². The molecule has 1 aromatic heterocycles. The first-order chi connectivity index (χ1) is 10.4. The molecule has 0 atom stereocenters. The summed E-state index contributed by atoms with van der Waals surface area (Å²) in [5.41, 5.74) is -1.17. The summed E-state index contributed by atoms with van der Waals surface area (Å²) in [6.45, 7) is 0.193. The largest absolute Gasteiger partial charge is 0.465 e. The van der Waals surface area contributed by atoms with Gasteiger partial charge in [-0.3, -0.25) is 10.1 Å². The number of ether oxygens (including phenoxy) is 1. The van der Waals surface area contributed by atoms with Crippen LogP contribution in [0.3, 0.4) is 0 Å². The van der Waals surface area contributed by atoms with Gasteiger partial charge in [-0.25, -0.2) is 9.78 Å². The van der Waals surface area contributed by atoms with Crippen LogP contribution in [-0.2, 0) is 4.74 Å². The molecule has 120 valence electrons. The molecular formula is C14H19N3O5. The van der Waals surface area contributed by atoms with Crippen LogP contribution in [0.25, 0.3) is 0 Å². The minimum absolute atomic E-state index is 0.0103. The van der Waals surface area contributed by atoms with Gasteiger partial charge in [-0.15, -0.1) is 0 Å². The number of carbonyl (C=O) groups excluding carboxylic acids is 1. The van der Waals surface area contributed by atoms with Crippen molar-refractivity contribution < 1.29 is 19.6 Å². The molecule has 0 unspecified atom stereocenters. The molecule has 1 heterocycles. The van der Waals surface area contributed by atoms with Crippen molar-refractivity contribution in [3.05, 3.63) is 27.9 Å². The molecular weight excluding hydrogens is 290 g/mol. The van der Waals surface area contributed by atoms with Crippen LogP contribution in [0.15, 0.2) is 12.3 Å². The molecule has 0 aromatic carbocycles.